The smallest absolute Gasteiger partial charge is 0.347 e. The summed E-state index contributed by atoms with van der Waals surface area (Å²) in [5.41, 5.74) is 3.57. The van der Waals surface area contributed by atoms with Gasteiger partial charge in [0.15, 0.2) is 11.5 Å². The molecule has 12 heteroatoms. The number of carbonyl (C=O) groups excluding carboxylic acids is 2. The first kappa shape index (κ1) is 25.9. The summed E-state index contributed by atoms with van der Waals surface area (Å²) in [6.07, 6.45) is 1.38. The minimum absolute atomic E-state index is 0.128. The van der Waals surface area contributed by atoms with E-state index in [0.717, 1.165) is 0 Å². The molecule has 0 aliphatic rings. The monoisotopic (exact) mass is 495 g/mol. The molecule has 1 aromatic heterocycles. The standard InChI is InChI=1S/C24H25N5O7/c1-14-22(29(32)33)15(2)28(27-14)16(3)23(30)26-25-13-17-10-11-20(21(12-17)35-5)36-24(31)18-8-6-7-9-19(18)34-4/h6-13,16H,1-5H3,(H,26,30). The van der Waals surface area contributed by atoms with Crippen molar-refractivity contribution in [1.82, 2.24) is 15.2 Å². The number of amides is 1. The molecule has 12 nitrogen and oxygen atoms in total. The number of para-hydroxylation sites is 1. The lowest BCUT2D eigenvalue weighted by Gasteiger charge is -2.12. The first-order valence-corrected chi connectivity index (χ1v) is 10.7. The van der Waals surface area contributed by atoms with E-state index >= 15 is 0 Å². The summed E-state index contributed by atoms with van der Waals surface area (Å²) < 4.78 is 17.3. The Morgan fingerprint density at radius 2 is 1.81 bits per heavy atom. The Balaban J connectivity index is 1.69. The topological polar surface area (TPSA) is 147 Å². The molecule has 2 aromatic carbocycles. The predicted molar refractivity (Wildman–Crippen MR) is 130 cm³/mol. The van der Waals surface area contributed by atoms with Crippen LogP contribution < -0.4 is 19.6 Å². The second-order valence-corrected chi connectivity index (χ2v) is 7.63. The normalized spacial score (nSPS) is 11.7. The Hall–Kier alpha value is -4.74. The molecular formula is C24H25N5O7. The van der Waals surface area contributed by atoms with E-state index in [0.29, 0.717) is 11.3 Å². The van der Waals surface area contributed by atoms with E-state index in [1.807, 2.05) is 0 Å². The number of nitrogens with zero attached hydrogens (tertiary/aromatic N) is 4. The number of methoxy groups -OCH3 is 2. The van der Waals surface area contributed by atoms with Crippen LogP contribution >= 0.6 is 0 Å². The molecule has 188 valence electrons. The molecule has 0 saturated heterocycles. The lowest BCUT2D eigenvalue weighted by Crippen LogP contribution is -2.28. The van der Waals surface area contributed by atoms with E-state index in [1.54, 1.807) is 43.3 Å². The Morgan fingerprint density at radius 3 is 2.44 bits per heavy atom. The average Bonchev–Trinajstić information content (AvgIpc) is 3.17. The fourth-order valence-corrected chi connectivity index (χ4v) is 3.49. The number of hydrogen-bond donors (Lipinski definition) is 1. The Kier molecular flexibility index (Phi) is 8.00. The number of benzene rings is 2. The number of nitro groups is 1. The van der Waals surface area contributed by atoms with E-state index < -0.39 is 22.8 Å². The number of aromatic nitrogens is 2. The molecule has 3 rings (SSSR count). The van der Waals surface area contributed by atoms with Crippen LogP contribution in [0.2, 0.25) is 0 Å². The molecule has 1 atom stereocenters. The largest absolute Gasteiger partial charge is 0.496 e. The summed E-state index contributed by atoms with van der Waals surface area (Å²) in [6, 6.07) is 10.6. The summed E-state index contributed by atoms with van der Waals surface area (Å²) in [4.78, 5) is 35.8. The van der Waals surface area contributed by atoms with Gasteiger partial charge in [-0.15, -0.1) is 0 Å². The third-order valence-electron chi connectivity index (χ3n) is 5.32. The molecule has 1 unspecified atom stereocenters. The third-order valence-corrected chi connectivity index (χ3v) is 5.32. The Labute approximate surface area is 206 Å². The van der Waals surface area contributed by atoms with E-state index in [9.17, 15) is 19.7 Å². The highest BCUT2D eigenvalue weighted by Gasteiger charge is 2.27. The van der Waals surface area contributed by atoms with Gasteiger partial charge in [-0.3, -0.25) is 19.6 Å². The van der Waals surface area contributed by atoms with Gasteiger partial charge in [0.2, 0.25) is 0 Å². The maximum atomic E-state index is 12.6. The zero-order valence-electron chi connectivity index (χ0n) is 20.3. The first-order chi connectivity index (χ1) is 17.2. The molecule has 1 N–H and O–H groups in total. The van der Waals surface area contributed by atoms with Crippen molar-refractivity contribution in [2.24, 2.45) is 5.10 Å². The first-order valence-electron chi connectivity index (χ1n) is 10.7. The highest BCUT2D eigenvalue weighted by Crippen LogP contribution is 2.30. The van der Waals surface area contributed by atoms with Gasteiger partial charge in [-0.2, -0.15) is 10.2 Å². The van der Waals surface area contributed by atoms with E-state index in [-0.39, 0.29) is 34.1 Å². The van der Waals surface area contributed by atoms with Crippen molar-refractivity contribution in [2.45, 2.75) is 26.8 Å². The van der Waals surface area contributed by atoms with E-state index in [4.69, 9.17) is 14.2 Å². The van der Waals surface area contributed by atoms with Crippen molar-refractivity contribution < 1.29 is 28.7 Å². The third kappa shape index (κ3) is 5.49. The van der Waals surface area contributed by atoms with Gasteiger partial charge in [-0.25, -0.2) is 10.2 Å². The fraction of sp³-hybridized carbons (Fsp3) is 0.250. The van der Waals surface area contributed by atoms with Gasteiger partial charge in [0.25, 0.3) is 5.91 Å². The Bertz CT molecular complexity index is 1330. The number of hydrogen-bond acceptors (Lipinski definition) is 9. The number of hydrazone groups is 1. The van der Waals surface area contributed by atoms with Gasteiger partial charge in [-0.1, -0.05) is 12.1 Å². The minimum atomic E-state index is -0.833. The summed E-state index contributed by atoms with van der Waals surface area (Å²) in [7, 11) is 2.88. The van der Waals surface area contributed by atoms with Gasteiger partial charge in [0.05, 0.1) is 25.4 Å². The highest BCUT2D eigenvalue weighted by molar-refractivity contribution is 5.94. The summed E-state index contributed by atoms with van der Waals surface area (Å²) in [5, 5.41) is 19.2. The second-order valence-electron chi connectivity index (χ2n) is 7.63. The van der Waals surface area contributed by atoms with Gasteiger partial charge in [0.1, 0.15) is 28.7 Å². The van der Waals surface area contributed by atoms with Crippen LogP contribution in [0.5, 0.6) is 17.2 Å². The second kappa shape index (κ2) is 11.1. The lowest BCUT2D eigenvalue weighted by molar-refractivity contribution is -0.386. The van der Waals surface area contributed by atoms with E-state index in [2.05, 4.69) is 15.6 Å². The van der Waals surface area contributed by atoms with Crippen LogP contribution in [0.1, 0.15) is 40.3 Å². The Morgan fingerprint density at radius 1 is 1.11 bits per heavy atom. The van der Waals surface area contributed by atoms with Crippen LogP contribution in [0.15, 0.2) is 47.6 Å². The zero-order chi connectivity index (χ0) is 26.4. The molecule has 0 saturated carbocycles. The van der Waals surface area contributed by atoms with Crippen molar-refractivity contribution in [3.63, 3.8) is 0 Å². The molecule has 1 heterocycles. The van der Waals surface area contributed by atoms with Crippen molar-refractivity contribution >= 4 is 23.8 Å². The van der Waals surface area contributed by atoms with E-state index in [1.165, 1.54) is 45.0 Å². The molecular weight excluding hydrogens is 470 g/mol. The molecule has 0 aliphatic carbocycles. The van der Waals surface area contributed by atoms with Crippen molar-refractivity contribution in [2.75, 3.05) is 14.2 Å². The molecule has 0 aliphatic heterocycles. The number of nitrogens with one attached hydrogen (secondary N) is 1. The minimum Gasteiger partial charge on any atom is -0.496 e. The number of esters is 1. The molecule has 36 heavy (non-hydrogen) atoms. The number of carbonyl (C=O) groups is 2. The maximum Gasteiger partial charge on any atom is 0.347 e. The van der Waals surface area contributed by atoms with Gasteiger partial charge >= 0.3 is 11.7 Å². The van der Waals surface area contributed by atoms with Crippen LogP contribution in [0.3, 0.4) is 0 Å². The molecule has 1 amide bonds. The quantitative estimate of drug-likeness (QED) is 0.156. The lowest BCUT2D eigenvalue weighted by atomic mass is 10.2. The summed E-state index contributed by atoms with van der Waals surface area (Å²) in [5.74, 6) is -0.282. The summed E-state index contributed by atoms with van der Waals surface area (Å²) >= 11 is 0. The van der Waals surface area contributed by atoms with Crippen molar-refractivity contribution in [1.29, 1.82) is 0 Å². The van der Waals surface area contributed by atoms with Gasteiger partial charge in [0, 0.05) is 0 Å². The summed E-state index contributed by atoms with van der Waals surface area (Å²) in [6.45, 7) is 4.59. The predicted octanol–water partition coefficient (Wildman–Crippen LogP) is 3.36. The molecule has 0 spiro atoms. The molecule has 0 fully saturated rings. The maximum absolute atomic E-state index is 12.6. The molecule has 0 radical (unpaired) electrons. The van der Waals surface area contributed by atoms with Gasteiger partial charge in [-0.05, 0) is 56.7 Å². The number of rotatable bonds is 9. The molecule has 3 aromatic rings. The van der Waals surface area contributed by atoms with Gasteiger partial charge < -0.3 is 14.2 Å². The van der Waals surface area contributed by atoms with Crippen LogP contribution in [0.4, 0.5) is 5.69 Å². The van der Waals surface area contributed by atoms with Crippen molar-refractivity contribution in [3.8, 4) is 17.2 Å². The molecule has 0 bridgehead atoms. The van der Waals surface area contributed by atoms with Crippen molar-refractivity contribution in [3.05, 3.63) is 75.1 Å². The SMILES string of the molecule is COc1cc(C=NNC(=O)C(C)n2nc(C)c([N+](=O)[O-])c2C)ccc1OC(=O)c1ccccc1OC. The number of ether oxygens (including phenoxy) is 3. The number of aryl methyl sites for hydroxylation is 1. The fourth-order valence-electron chi connectivity index (χ4n) is 3.49. The average molecular weight is 495 g/mol. The van der Waals surface area contributed by atoms with Crippen LogP contribution in [0.25, 0.3) is 0 Å². The van der Waals surface area contributed by atoms with Crippen LogP contribution in [-0.2, 0) is 4.79 Å². The zero-order valence-corrected chi connectivity index (χ0v) is 20.3. The highest BCUT2D eigenvalue weighted by atomic mass is 16.6. The van der Waals surface area contributed by atoms with Crippen LogP contribution in [-0.4, -0.2) is 47.0 Å². The van der Waals surface area contributed by atoms with Crippen LogP contribution in [0, 0.1) is 24.0 Å².